The topological polar surface area (TPSA) is 105 Å². The summed E-state index contributed by atoms with van der Waals surface area (Å²) in [5.41, 5.74) is 3.35. The third-order valence-corrected chi connectivity index (χ3v) is 3.74. The van der Waals surface area contributed by atoms with Gasteiger partial charge in [0.25, 0.3) is 5.91 Å². The van der Waals surface area contributed by atoms with E-state index in [0.29, 0.717) is 22.6 Å². The summed E-state index contributed by atoms with van der Waals surface area (Å²) in [6, 6.07) is 11.0. The molecule has 8 heteroatoms. The van der Waals surface area contributed by atoms with Crippen molar-refractivity contribution in [3.8, 4) is 11.3 Å². The summed E-state index contributed by atoms with van der Waals surface area (Å²) in [7, 11) is 0. The summed E-state index contributed by atoms with van der Waals surface area (Å²) in [5.74, 6) is -0.656. The predicted molar refractivity (Wildman–Crippen MR) is 95.4 cm³/mol. The second kappa shape index (κ2) is 7.62. The molecule has 0 saturated carbocycles. The minimum absolute atomic E-state index is 0.0135. The molecule has 0 atom stereocenters. The van der Waals surface area contributed by atoms with Gasteiger partial charge in [-0.25, -0.2) is 10.2 Å². The fourth-order valence-corrected chi connectivity index (χ4v) is 2.34. The van der Waals surface area contributed by atoms with Crippen molar-refractivity contribution in [1.29, 1.82) is 0 Å². The molecule has 0 radical (unpaired) electrons. The van der Waals surface area contributed by atoms with Crippen LogP contribution in [0, 0.1) is 0 Å². The molecule has 0 fully saturated rings. The Morgan fingerprint density at radius 2 is 1.92 bits per heavy atom. The lowest BCUT2D eigenvalue weighted by molar-refractivity contribution is 0.0697. The first-order valence-electron chi connectivity index (χ1n) is 7.41. The van der Waals surface area contributed by atoms with Crippen molar-refractivity contribution in [1.82, 2.24) is 10.4 Å². The third-order valence-electron chi connectivity index (χ3n) is 3.41. The molecule has 130 valence electrons. The van der Waals surface area contributed by atoms with Crippen LogP contribution in [0.1, 0.15) is 26.5 Å². The fourth-order valence-electron chi connectivity index (χ4n) is 2.14. The Morgan fingerprint density at radius 3 is 2.65 bits per heavy atom. The summed E-state index contributed by atoms with van der Waals surface area (Å²) in [5, 5.41) is 13.1. The number of hydrogen-bond donors (Lipinski definition) is 2. The van der Waals surface area contributed by atoms with Crippen LogP contribution in [0.15, 0.2) is 64.4 Å². The average molecular weight is 370 g/mol. The van der Waals surface area contributed by atoms with Crippen LogP contribution in [-0.4, -0.2) is 28.2 Å². The van der Waals surface area contributed by atoms with Gasteiger partial charge in [0, 0.05) is 23.5 Å². The van der Waals surface area contributed by atoms with E-state index < -0.39 is 5.97 Å². The Morgan fingerprint density at radius 1 is 1.15 bits per heavy atom. The second-order valence-corrected chi connectivity index (χ2v) is 5.54. The van der Waals surface area contributed by atoms with Crippen molar-refractivity contribution in [2.45, 2.75) is 0 Å². The van der Waals surface area contributed by atoms with Gasteiger partial charge in [0.1, 0.15) is 11.5 Å². The van der Waals surface area contributed by atoms with Crippen molar-refractivity contribution in [2.75, 3.05) is 0 Å². The van der Waals surface area contributed by atoms with Gasteiger partial charge in [-0.2, -0.15) is 5.10 Å². The van der Waals surface area contributed by atoms with Crippen LogP contribution in [-0.2, 0) is 0 Å². The van der Waals surface area contributed by atoms with Gasteiger partial charge in [0.05, 0.1) is 16.8 Å². The van der Waals surface area contributed by atoms with Crippen LogP contribution in [0.2, 0.25) is 5.02 Å². The SMILES string of the molecule is O=C(N/N=C\c1ccc(-c2ccc(Cl)c(C(=O)O)c2)o1)c1ccncc1. The molecule has 0 aliphatic rings. The summed E-state index contributed by atoms with van der Waals surface area (Å²) < 4.78 is 5.59. The number of nitrogens with zero attached hydrogens (tertiary/aromatic N) is 2. The van der Waals surface area contributed by atoms with Gasteiger partial charge in [-0.15, -0.1) is 0 Å². The number of nitrogens with one attached hydrogen (secondary N) is 1. The number of halogens is 1. The van der Waals surface area contributed by atoms with Gasteiger partial charge >= 0.3 is 5.97 Å². The summed E-state index contributed by atoms with van der Waals surface area (Å²) >= 11 is 5.86. The number of hydrogen-bond acceptors (Lipinski definition) is 5. The molecule has 2 N–H and O–H groups in total. The number of rotatable bonds is 5. The van der Waals surface area contributed by atoms with Crippen molar-refractivity contribution in [3.63, 3.8) is 0 Å². The van der Waals surface area contributed by atoms with E-state index in [4.69, 9.17) is 21.1 Å². The molecule has 0 spiro atoms. The molecule has 0 unspecified atom stereocenters. The van der Waals surface area contributed by atoms with Crippen molar-refractivity contribution in [3.05, 3.63) is 76.8 Å². The van der Waals surface area contributed by atoms with Crippen LogP contribution in [0.4, 0.5) is 0 Å². The van der Waals surface area contributed by atoms with E-state index in [9.17, 15) is 9.59 Å². The van der Waals surface area contributed by atoms with Crippen molar-refractivity contribution in [2.24, 2.45) is 5.10 Å². The standard InChI is InChI=1S/C18H12ClN3O4/c19-15-3-1-12(9-14(15)18(24)25)16-4-2-13(26-16)10-21-22-17(23)11-5-7-20-8-6-11/h1-10H,(H,22,23)(H,24,25)/b21-10-. The highest BCUT2D eigenvalue weighted by Gasteiger charge is 2.12. The van der Waals surface area contributed by atoms with E-state index in [2.05, 4.69) is 15.5 Å². The highest BCUT2D eigenvalue weighted by molar-refractivity contribution is 6.33. The first kappa shape index (κ1) is 17.4. The number of furan rings is 1. The van der Waals surface area contributed by atoms with Crippen LogP contribution >= 0.6 is 11.6 Å². The van der Waals surface area contributed by atoms with E-state index in [-0.39, 0.29) is 16.5 Å². The minimum atomic E-state index is -1.12. The zero-order chi connectivity index (χ0) is 18.5. The molecule has 2 aromatic heterocycles. The number of amides is 1. The van der Waals surface area contributed by atoms with Crippen LogP contribution in [0.5, 0.6) is 0 Å². The van der Waals surface area contributed by atoms with Gasteiger partial charge in [-0.05, 0) is 42.5 Å². The van der Waals surface area contributed by atoms with E-state index in [1.807, 2.05) is 0 Å². The Kier molecular flexibility index (Phi) is 5.09. The maximum Gasteiger partial charge on any atom is 0.337 e. The van der Waals surface area contributed by atoms with Crippen LogP contribution in [0.25, 0.3) is 11.3 Å². The van der Waals surface area contributed by atoms with Gasteiger partial charge in [-0.3, -0.25) is 9.78 Å². The monoisotopic (exact) mass is 369 g/mol. The number of carbonyl (C=O) groups is 2. The average Bonchev–Trinajstić information content (AvgIpc) is 3.11. The summed E-state index contributed by atoms with van der Waals surface area (Å²) in [4.78, 5) is 26.8. The van der Waals surface area contributed by atoms with E-state index in [1.165, 1.54) is 30.7 Å². The zero-order valence-electron chi connectivity index (χ0n) is 13.2. The number of aromatic nitrogens is 1. The molecule has 1 aromatic carbocycles. The maximum atomic E-state index is 11.8. The van der Waals surface area contributed by atoms with Crippen molar-refractivity contribution >= 4 is 29.7 Å². The lowest BCUT2D eigenvalue weighted by Gasteiger charge is -2.02. The summed E-state index contributed by atoms with van der Waals surface area (Å²) in [6.45, 7) is 0. The molecule has 3 rings (SSSR count). The number of pyridine rings is 1. The molecule has 0 aliphatic heterocycles. The Labute approximate surface area is 152 Å². The van der Waals surface area contributed by atoms with E-state index in [0.717, 1.165) is 0 Å². The predicted octanol–water partition coefficient (Wildman–Crippen LogP) is 3.46. The number of carbonyl (C=O) groups excluding carboxylic acids is 1. The molecule has 1 amide bonds. The number of carboxylic acid groups (broad SMARTS) is 1. The number of benzene rings is 1. The lowest BCUT2D eigenvalue weighted by Crippen LogP contribution is -2.17. The Hall–Kier alpha value is -3.45. The van der Waals surface area contributed by atoms with Gasteiger partial charge < -0.3 is 9.52 Å². The number of aromatic carboxylic acids is 1. The van der Waals surface area contributed by atoms with Gasteiger partial charge in [0.15, 0.2) is 0 Å². The molecule has 2 heterocycles. The minimum Gasteiger partial charge on any atom is -0.478 e. The number of hydrazone groups is 1. The maximum absolute atomic E-state index is 11.8. The normalized spacial score (nSPS) is 10.8. The highest BCUT2D eigenvalue weighted by Crippen LogP contribution is 2.26. The molecule has 0 bridgehead atoms. The largest absolute Gasteiger partial charge is 0.478 e. The number of carboxylic acids is 1. The first-order chi connectivity index (χ1) is 12.5. The summed E-state index contributed by atoms with van der Waals surface area (Å²) in [6.07, 6.45) is 4.36. The lowest BCUT2D eigenvalue weighted by atomic mass is 10.1. The van der Waals surface area contributed by atoms with Gasteiger partial charge in [-0.1, -0.05) is 11.6 Å². The smallest absolute Gasteiger partial charge is 0.337 e. The zero-order valence-corrected chi connectivity index (χ0v) is 14.0. The quantitative estimate of drug-likeness (QED) is 0.529. The second-order valence-electron chi connectivity index (χ2n) is 5.14. The third kappa shape index (κ3) is 3.96. The molecular formula is C18H12ClN3O4. The van der Waals surface area contributed by atoms with E-state index >= 15 is 0 Å². The molecular weight excluding hydrogens is 358 g/mol. The molecule has 7 nitrogen and oxygen atoms in total. The van der Waals surface area contributed by atoms with Gasteiger partial charge in [0.2, 0.25) is 0 Å². The first-order valence-corrected chi connectivity index (χ1v) is 7.79. The van der Waals surface area contributed by atoms with Crippen LogP contribution in [0.3, 0.4) is 0 Å². The molecule has 0 aliphatic carbocycles. The van der Waals surface area contributed by atoms with Crippen LogP contribution < -0.4 is 5.43 Å². The molecule has 0 saturated heterocycles. The molecule has 3 aromatic rings. The Bertz CT molecular complexity index is 983. The van der Waals surface area contributed by atoms with E-state index in [1.54, 1.807) is 30.3 Å². The fraction of sp³-hybridized carbons (Fsp3) is 0. The molecule has 26 heavy (non-hydrogen) atoms. The van der Waals surface area contributed by atoms with Crippen molar-refractivity contribution < 1.29 is 19.1 Å². The Balaban J connectivity index is 1.71. The highest BCUT2D eigenvalue weighted by atomic mass is 35.5.